The fourth-order valence-corrected chi connectivity index (χ4v) is 7.27. The number of nitrogens with zero attached hydrogens (tertiary/aromatic N) is 2. The lowest BCUT2D eigenvalue weighted by Gasteiger charge is -2.50. The number of anilines is 1. The summed E-state index contributed by atoms with van der Waals surface area (Å²) in [6.45, 7) is -0.326. The van der Waals surface area contributed by atoms with Crippen molar-refractivity contribution >= 4 is 41.1 Å². The molecule has 3 amide bonds. The topological polar surface area (TPSA) is 229 Å². The molecular formula is C37H36N4O11. The summed E-state index contributed by atoms with van der Waals surface area (Å²) in [5, 5.41) is 46.4. The van der Waals surface area contributed by atoms with Crippen molar-refractivity contribution < 1.29 is 53.9 Å². The van der Waals surface area contributed by atoms with Crippen molar-refractivity contribution in [2.24, 2.45) is 17.6 Å². The number of hydrogen-bond acceptors (Lipinski definition) is 12. The molecule has 0 saturated heterocycles. The van der Waals surface area contributed by atoms with Gasteiger partial charge in [0.2, 0.25) is 5.78 Å². The minimum absolute atomic E-state index is 0.0518. The molecular weight excluding hydrogens is 676 g/mol. The number of likely N-dealkylation sites (N-methyl/N-ethyl adjacent to an activating group) is 1. The quantitative estimate of drug-likeness (QED) is 0.153. The number of fused-ring (bicyclic) bond motifs is 3. The average molecular weight is 713 g/mol. The Morgan fingerprint density at radius 1 is 0.904 bits per heavy atom. The van der Waals surface area contributed by atoms with Crippen LogP contribution in [0.5, 0.6) is 5.75 Å². The van der Waals surface area contributed by atoms with E-state index in [4.69, 9.17) is 15.2 Å². The molecule has 0 aliphatic heterocycles. The van der Waals surface area contributed by atoms with E-state index >= 15 is 0 Å². The minimum atomic E-state index is -2.82. The second-order valence-corrected chi connectivity index (χ2v) is 13.0. The lowest BCUT2D eigenvalue weighted by atomic mass is 9.57. The van der Waals surface area contributed by atoms with E-state index in [2.05, 4.69) is 5.43 Å². The molecule has 1 saturated carbocycles. The number of aliphatic hydroxyl groups excluding tert-OH is 2. The number of ketones is 2. The molecule has 6 rings (SSSR count). The molecule has 3 aromatic carbocycles. The second-order valence-electron chi connectivity index (χ2n) is 13.0. The number of Topliss-reactive ketones (excluding diaryl/α,β-unsaturated/α-hetero) is 2. The molecule has 0 radical (unpaired) electrons. The summed E-state index contributed by atoms with van der Waals surface area (Å²) >= 11 is 0. The van der Waals surface area contributed by atoms with Gasteiger partial charge in [-0.15, -0.1) is 0 Å². The van der Waals surface area contributed by atoms with Crippen molar-refractivity contribution in [1.82, 2.24) is 10.3 Å². The average Bonchev–Trinajstić information content (AvgIpc) is 3.11. The number of hydrogen-bond donors (Lipinski definition) is 6. The molecule has 15 heteroatoms. The highest BCUT2D eigenvalue weighted by atomic mass is 16.6. The molecule has 270 valence electrons. The summed E-state index contributed by atoms with van der Waals surface area (Å²) in [7, 11) is 2.98. The first-order chi connectivity index (χ1) is 24.7. The fraction of sp³-hybridized carbons (Fsp3) is 0.270. The van der Waals surface area contributed by atoms with Crippen molar-refractivity contribution in [3.05, 3.63) is 112 Å². The number of phenolic OH excluding ortho intramolecular Hbond substituents is 1. The van der Waals surface area contributed by atoms with Crippen molar-refractivity contribution in [3.63, 3.8) is 0 Å². The maximum atomic E-state index is 14.2. The Kier molecular flexibility index (Phi) is 9.49. The van der Waals surface area contributed by atoms with Crippen LogP contribution in [0.3, 0.4) is 0 Å². The predicted octanol–water partition coefficient (Wildman–Crippen LogP) is 2.95. The molecule has 3 aliphatic rings. The molecule has 52 heavy (non-hydrogen) atoms. The summed E-state index contributed by atoms with van der Waals surface area (Å²) in [5.74, 6) is -8.21. The molecule has 4 unspecified atom stereocenters. The Balaban J connectivity index is 1.42. The number of carbonyl (C=O) groups is 5. The van der Waals surface area contributed by atoms with Crippen LogP contribution in [0.2, 0.25) is 0 Å². The van der Waals surface area contributed by atoms with Gasteiger partial charge in [-0.2, -0.15) is 5.01 Å². The Bertz CT molecular complexity index is 2030. The van der Waals surface area contributed by atoms with Gasteiger partial charge < -0.3 is 35.6 Å². The van der Waals surface area contributed by atoms with E-state index in [0.29, 0.717) is 11.1 Å². The first kappa shape index (κ1) is 35.6. The summed E-state index contributed by atoms with van der Waals surface area (Å²) in [5.41, 5.74) is 4.70. The van der Waals surface area contributed by atoms with Gasteiger partial charge >= 0.3 is 12.2 Å². The molecule has 3 aliphatic carbocycles. The highest BCUT2D eigenvalue weighted by molar-refractivity contribution is 6.24. The molecule has 0 aromatic heterocycles. The number of amides is 3. The monoisotopic (exact) mass is 712 g/mol. The zero-order chi connectivity index (χ0) is 37.5. The van der Waals surface area contributed by atoms with Crippen LogP contribution in [0.1, 0.15) is 28.7 Å². The van der Waals surface area contributed by atoms with Crippen LogP contribution in [0.25, 0.3) is 5.76 Å². The Labute approximate surface area is 297 Å². The van der Waals surface area contributed by atoms with Crippen LogP contribution in [0, 0.1) is 11.8 Å². The molecule has 1 fully saturated rings. The molecule has 4 atom stereocenters. The lowest BCUT2D eigenvalue weighted by molar-refractivity contribution is -0.153. The van der Waals surface area contributed by atoms with Crippen molar-refractivity contribution in [2.45, 2.75) is 37.7 Å². The zero-order valence-corrected chi connectivity index (χ0v) is 28.1. The van der Waals surface area contributed by atoms with E-state index < -0.39 is 76.0 Å². The molecule has 15 nitrogen and oxygen atoms in total. The number of phenols is 1. The second kappa shape index (κ2) is 13.8. The number of carbonyl (C=O) groups excluding carboxylic acids is 5. The number of rotatable bonds is 7. The number of hydrazine groups is 1. The van der Waals surface area contributed by atoms with Gasteiger partial charge in [-0.3, -0.25) is 19.3 Å². The number of nitrogens with one attached hydrogen (secondary N) is 1. The van der Waals surface area contributed by atoms with E-state index in [9.17, 15) is 44.4 Å². The predicted molar refractivity (Wildman–Crippen MR) is 183 cm³/mol. The normalized spacial score (nSPS) is 22.3. The van der Waals surface area contributed by atoms with Gasteiger partial charge in [0.15, 0.2) is 11.4 Å². The summed E-state index contributed by atoms with van der Waals surface area (Å²) in [6, 6.07) is 18.7. The van der Waals surface area contributed by atoms with Crippen molar-refractivity contribution in [1.29, 1.82) is 0 Å². The van der Waals surface area contributed by atoms with E-state index in [0.717, 1.165) is 11.1 Å². The molecule has 7 N–H and O–H groups in total. The van der Waals surface area contributed by atoms with Crippen molar-refractivity contribution in [2.75, 3.05) is 19.1 Å². The number of aromatic hydroxyl groups is 1. The Morgan fingerprint density at radius 2 is 1.50 bits per heavy atom. The first-order valence-electron chi connectivity index (χ1n) is 16.2. The van der Waals surface area contributed by atoms with Gasteiger partial charge in [0, 0.05) is 11.5 Å². The van der Waals surface area contributed by atoms with Gasteiger partial charge in [-0.1, -0.05) is 60.7 Å². The lowest BCUT2D eigenvalue weighted by Crippen LogP contribution is -2.65. The van der Waals surface area contributed by atoms with Gasteiger partial charge in [0.25, 0.3) is 5.91 Å². The number of aliphatic hydroxyl groups is 3. The highest BCUT2D eigenvalue weighted by Crippen LogP contribution is 2.53. The largest absolute Gasteiger partial charge is 0.508 e. The maximum Gasteiger partial charge on any atom is 0.433 e. The Hall–Kier alpha value is -6.19. The molecule has 3 aromatic rings. The fourth-order valence-electron chi connectivity index (χ4n) is 7.27. The van der Waals surface area contributed by atoms with Crippen LogP contribution >= 0.6 is 0 Å². The van der Waals surface area contributed by atoms with E-state index in [-0.39, 0.29) is 48.4 Å². The summed E-state index contributed by atoms with van der Waals surface area (Å²) in [4.78, 5) is 68.1. The third kappa shape index (κ3) is 6.09. The van der Waals surface area contributed by atoms with Gasteiger partial charge in [-0.05, 0) is 61.7 Å². The molecule has 0 spiro atoms. The SMILES string of the molecule is CN(C)C1C(=O)C(C(N)=O)=C(O)C2(O)C(=O)C3=C(O)c4c(O)ccc(N(NC(=O)OCc5ccccc5)C(=O)OCc5ccccc5)c4CC3CC12. The van der Waals surface area contributed by atoms with Gasteiger partial charge in [0.1, 0.15) is 36.1 Å². The van der Waals surface area contributed by atoms with Crippen LogP contribution in [-0.2, 0) is 43.5 Å². The van der Waals surface area contributed by atoms with Gasteiger partial charge in [0.05, 0.1) is 17.3 Å². The Morgan fingerprint density at radius 3 is 2.08 bits per heavy atom. The van der Waals surface area contributed by atoms with Crippen LogP contribution < -0.4 is 16.2 Å². The van der Waals surface area contributed by atoms with E-state index in [1.807, 2.05) is 0 Å². The van der Waals surface area contributed by atoms with Crippen LogP contribution in [0.4, 0.5) is 15.3 Å². The number of ether oxygens (including phenoxy) is 2. The number of primary amides is 1. The molecule has 0 heterocycles. The number of benzene rings is 3. The van der Waals surface area contributed by atoms with Crippen LogP contribution in [-0.4, -0.2) is 80.7 Å². The first-order valence-corrected chi connectivity index (χ1v) is 16.2. The van der Waals surface area contributed by atoms with Crippen molar-refractivity contribution in [3.8, 4) is 5.75 Å². The number of nitrogens with two attached hydrogens (primary N) is 1. The zero-order valence-electron chi connectivity index (χ0n) is 28.1. The highest BCUT2D eigenvalue weighted by Gasteiger charge is 2.64. The summed E-state index contributed by atoms with van der Waals surface area (Å²) < 4.78 is 10.9. The third-order valence-corrected chi connectivity index (χ3v) is 9.62. The summed E-state index contributed by atoms with van der Waals surface area (Å²) in [6.07, 6.45) is -2.46. The minimum Gasteiger partial charge on any atom is -0.508 e. The standard InChI is InChI=1S/C37H36N4O11/c1-40(2)29-23-16-21-15-22-24(13-14-25(42)27(22)30(43)26(21)32(45)37(23,50)33(46)28(31(29)44)34(38)47)41(36(49)52-18-20-11-7-4-8-12-20)39-35(48)51-17-19-9-5-3-6-10-19/h3-14,21,23,29,42-43,46,50H,15-18H2,1-2H3,(H2,38,47)(H,39,48). The maximum absolute atomic E-state index is 14.2. The smallest absolute Gasteiger partial charge is 0.433 e. The third-order valence-electron chi connectivity index (χ3n) is 9.62. The van der Waals surface area contributed by atoms with Gasteiger partial charge in [-0.25, -0.2) is 15.0 Å². The molecule has 0 bridgehead atoms. The van der Waals surface area contributed by atoms with E-state index in [1.165, 1.54) is 25.1 Å². The van der Waals surface area contributed by atoms with E-state index in [1.54, 1.807) is 60.7 Å². The van der Waals surface area contributed by atoms with Crippen LogP contribution in [0.15, 0.2) is 89.7 Å².